The summed E-state index contributed by atoms with van der Waals surface area (Å²) in [6.45, 7) is 6.71. The molecule has 0 bridgehead atoms. The van der Waals surface area contributed by atoms with Crippen LogP contribution in [0.5, 0.6) is 0 Å². The van der Waals surface area contributed by atoms with Gasteiger partial charge >= 0.3 is 12.1 Å². The SMILES string of the molecule is COCCN1CCOCC2(CCCN(C(=O)Cc3c[nH]c4ccccc34)C2)C1.O=C(O)C(F)(F)F. The van der Waals surface area contributed by atoms with Crippen LogP contribution in [0, 0.1) is 5.41 Å². The maximum atomic E-state index is 13.1. The van der Waals surface area contributed by atoms with Crippen LogP contribution in [0.15, 0.2) is 30.5 Å². The maximum Gasteiger partial charge on any atom is 0.490 e. The fraction of sp³-hybridized carbons (Fsp3) is 0.583. The number of hydrogen-bond donors (Lipinski definition) is 2. The Morgan fingerprint density at radius 1 is 1.23 bits per heavy atom. The number of aromatic nitrogens is 1. The number of halogens is 3. The zero-order valence-electron chi connectivity index (χ0n) is 19.8. The molecular formula is C24H32F3N3O5. The second kappa shape index (κ2) is 11.9. The quantitative estimate of drug-likeness (QED) is 0.657. The van der Waals surface area contributed by atoms with Crippen LogP contribution in [-0.2, 0) is 25.5 Å². The number of carboxylic acids is 1. The van der Waals surface area contributed by atoms with Crippen LogP contribution in [0.2, 0.25) is 0 Å². The Labute approximate surface area is 202 Å². The number of benzene rings is 1. The van der Waals surface area contributed by atoms with Gasteiger partial charge in [0.2, 0.25) is 5.91 Å². The van der Waals surface area contributed by atoms with Crippen molar-refractivity contribution in [2.75, 3.05) is 59.7 Å². The number of hydrogen-bond acceptors (Lipinski definition) is 5. The third-order valence-corrected chi connectivity index (χ3v) is 6.40. The van der Waals surface area contributed by atoms with Gasteiger partial charge in [-0.2, -0.15) is 13.2 Å². The van der Waals surface area contributed by atoms with Gasteiger partial charge < -0.3 is 24.5 Å². The molecule has 3 heterocycles. The number of aliphatic carboxylic acids is 1. The number of para-hydroxylation sites is 1. The first-order valence-corrected chi connectivity index (χ1v) is 11.6. The number of likely N-dealkylation sites (tertiary alicyclic amines) is 1. The Bertz CT molecular complexity index is 996. The van der Waals surface area contributed by atoms with Crippen LogP contribution < -0.4 is 0 Å². The molecule has 0 radical (unpaired) electrons. The highest BCUT2D eigenvalue weighted by Crippen LogP contribution is 2.33. The van der Waals surface area contributed by atoms with E-state index in [1.54, 1.807) is 7.11 Å². The van der Waals surface area contributed by atoms with Gasteiger partial charge in [0.25, 0.3) is 0 Å². The molecule has 2 N–H and O–H groups in total. The zero-order chi connectivity index (χ0) is 25.5. The van der Waals surface area contributed by atoms with E-state index in [9.17, 15) is 18.0 Å². The number of nitrogens with zero attached hydrogens (tertiary/aromatic N) is 2. The zero-order valence-corrected chi connectivity index (χ0v) is 19.8. The largest absolute Gasteiger partial charge is 0.490 e. The molecule has 0 saturated carbocycles. The average Bonchev–Trinajstić information content (AvgIpc) is 3.12. The molecule has 4 rings (SSSR count). The number of nitrogens with one attached hydrogen (secondary N) is 1. The van der Waals surface area contributed by atoms with Crippen molar-refractivity contribution in [3.05, 3.63) is 36.0 Å². The smallest absolute Gasteiger partial charge is 0.475 e. The molecule has 0 aliphatic carbocycles. The van der Waals surface area contributed by atoms with Gasteiger partial charge in [-0.25, -0.2) is 4.79 Å². The lowest BCUT2D eigenvalue weighted by Crippen LogP contribution is -2.52. The number of fused-ring (bicyclic) bond motifs is 1. The summed E-state index contributed by atoms with van der Waals surface area (Å²) in [6, 6.07) is 8.17. The molecule has 1 spiro atoms. The molecule has 11 heteroatoms. The molecule has 1 aromatic heterocycles. The molecule has 35 heavy (non-hydrogen) atoms. The fourth-order valence-corrected chi connectivity index (χ4v) is 4.71. The van der Waals surface area contributed by atoms with Crippen LogP contribution in [0.4, 0.5) is 13.2 Å². The molecule has 2 fully saturated rings. The van der Waals surface area contributed by atoms with Crippen LogP contribution in [0.3, 0.4) is 0 Å². The van der Waals surface area contributed by atoms with Gasteiger partial charge in [-0.1, -0.05) is 18.2 Å². The summed E-state index contributed by atoms with van der Waals surface area (Å²) in [6.07, 6.45) is -0.494. The second-order valence-corrected chi connectivity index (χ2v) is 9.08. The molecule has 2 saturated heterocycles. The van der Waals surface area contributed by atoms with Gasteiger partial charge in [0.05, 0.1) is 26.2 Å². The van der Waals surface area contributed by atoms with E-state index in [4.69, 9.17) is 19.4 Å². The molecule has 1 unspecified atom stereocenters. The van der Waals surface area contributed by atoms with Crippen LogP contribution >= 0.6 is 0 Å². The molecule has 2 aromatic rings. The highest BCUT2D eigenvalue weighted by atomic mass is 19.4. The third kappa shape index (κ3) is 7.42. The number of piperidine rings is 1. The number of carbonyl (C=O) groups is 2. The summed E-state index contributed by atoms with van der Waals surface area (Å²) in [4.78, 5) is 29.8. The molecule has 1 amide bonds. The first kappa shape index (κ1) is 27.0. The Balaban J connectivity index is 0.000000429. The van der Waals surface area contributed by atoms with Crippen molar-refractivity contribution in [3.8, 4) is 0 Å². The van der Waals surface area contributed by atoms with Crippen molar-refractivity contribution in [1.82, 2.24) is 14.8 Å². The number of alkyl halides is 3. The maximum absolute atomic E-state index is 13.1. The van der Waals surface area contributed by atoms with Crippen molar-refractivity contribution in [1.29, 1.82) is 0 Å². The predicted octanol–water partition coefficient (Wildman–Crippen LogP) is 2.93. The second-order valence-electron chi connectivity index (χ2n) is 9.08. The highest BCUT2D eigenvalue weighted by molar-refractivity contribution is 5.89. The Hall–Kier alpha value is -2.63. The van der Waals surface area contributed by atoms with Crippen LogP contribution in [-0.4, -0.2) is 97.6 Å². The van der Waals surface area contributed by atoms with Gasteiger partial charge in [-0.05, 0) is 24.5 Å². The standard InChI is InChI=1S/C22H31N3O3.C2HF3O2/c1-27-11-9-24-10-12-28-17-22(15-24)7-4-8-25(16-22)21(26)13-18-14-23-20-6-3-2-5-19(18)20;3-2(4,5)1(6)7/h2-3,5-6,14,23H,4,7-13,15-17H2,1H3;(H,6,7). The van der Waals surface area contributed by atoms with Crippen molar-refractivity contribution in [2.24, 2.45) is 5.41 Å². The number of aromatic amines is 1. The average molecular weight is 500 g/mol. The van der Waals surface area contributed by atoms with Crippen molar-refractivity contribution in [3.63, 3.8) is 0 Å². The van der Waals surface area contributed by atoms with E-state index in [1.807, 2.05) is 18.3 Å². The van der Waals surface area contributed by atoms with Gasteiger partial charge in [-0.3, -0.25) is 9.69 Å². The summed E-state index contributed by atoms with van der Waals surface area (Å²) < 4.78 is 43.0. The molecular weight excluding hydrogens is 467 g/mol. The van der Waals surface area contributed by atoms with Gasteiger partial charge in [0.15, 0.2) is 0 Å². The lowest BCUT2D eigenvalue weighted by atomic mass is 9.80. The van der Waals surface area contributed by atoms with E-state index in [-0.39, 0.29) is 11.3 Å². The van der Waals surface area contributed by atoms with Crippen molar-refractivity contribution in [2.45, 2.75) is 25.4 Å². The lowest BCUT2D eigenvalue weighted by molar-refractivity contribution is -0.192. The first-order chi connectivity index (χ1) is 16.6. The molecule has 194 valence electrons. The van der Waals surface area contributed by atoms with E-state index >= 15 is 0 Å². The summed E-state index contributed by atoms with van der Waals surface area (Å²) in [5.74, 6) is -2.54. The number of rotatable bonds is 5. The van der Waals surface area contributed by atoms with Crippen molar-refractivity contribution >= 4 is 22.8 Å². The lowest BCUT2D eigenvalue weighted by Gasteiger charge is -2.43. The molecule has 2 aliphatic rings. The van der Waals surface area contributed by atoms with Crippen molar-refractivity contribution < 1.29 is 37.3 Å². The summed E-state index contributed by atoms with van der Waals surface area (Å²) in [7, 11) is 1.75. The monoisotopic (exact) mass is 499 g/mol. The predicted molar refractivity (Wildman–Crippen MR) is 123 cm³/mol. The number of carboxylic acid groups (broad SMARTS) is 1. The van der Waals surface area contributed by atoms with E-state index in [1.165, 1.54) is 0 Å². The minimum Gasteiger partial charge on any atom is -0.475 e. The van der Waals surface area contributed by atoms with Gasteiger partial charge in [-0.15, -0.1) is 0 Å². The minimum absolute atomic E-state index is 0.0400. The number of ether oxygens (including phenoxy) is 2. The normalized spacial score (nSPS) is 21.4. The van der Waals surface area contributed by atoms with E-state index in [2.05, 4.69) is 26.9 Å². The van der Waals surface area contributed by atoms with E-state index in [0.29, 0.717) is 6.42 Å². The number of methoxy groups -OCH3 is 1. The molecule has 8 nitrogen and oxygen atoms in total. The highest BCUT2D eigenvalue weighted by Gasteiger charge is 2.40. The Morgan fingerprint density at radius 2 is 1.97 bits per heavy atom. The number of carbonyl (C=O) groups excluding carboxylic acids is 1. The summed E-state index contributed by atoms with van der Waals surface area (Å²) in [5, 5.41) is 8.27. The number of amides is 1. The topological polar surface area (TPSA) is 95.1 Å². The Morgan fingerprint density at radius 3 is 2.69 bits per heavy atom. The molecule has 1 atom stereocenters. The minimum atomic E-state index is -5.08. The summed E-state index contributed by atoms with van der Waals surface area (Å²) >= 11 is 0. The van der Waals surface area contributed by atoms with Crippen LogP contribution in [0.25, 0.3) is 10.9 Å². The van der Waals surface area contributed by atoms with Crippen LogP contribution in [0.1, 0.15) is 18.4 Å². The van der Waals surface area contributed by atoms with E-state index < -0.39 is 12.1 Å². The summed E-state index contributed by atoms with van der Waals surface area (Å²) in [5.41, 5.74) is 2.21. The van der Waals surface area contributed by atoms with Gasteiger partial charge in [0.1, 0.15) is 0 Å². The first-order valence-electron chi connectivity index (χ1n) is 11.6. The number of H-pyrrole nitrogens is 1. The molecule has 2 aliphatic heterocycles. The molecule has 1 aromatic carbocycles. The van der Waals surface area contributed by atoms with Gasteiger partial charge in [0, 0.05) is 62.3 Å². The third-order valence-electron chi connectivity index (χ3n) is 6.40. The Kier molecular flexibility index (Phi) is 9.15. The van der Waals surface area contributed by atoms with E-state index in [0.717, 1.165) is 81.9 Å². The fourth-order valence-electron chi connectivity index (χ4n) is 4.71.